The smallest absolute Gasteiger partial charge is 0.119 e. The standard InChI is InChI=1S/C18H27NO3/c1-13-9-19(10-14(2)22-13)11-17(20)12-21-18-7-6-15-4-3-5-16(15)8-18/h6-8,13-14,17,20H,3-5,9-12H2,1-2H3/t13-,14+,17-/m1/s1. The summed E-state index contributed by atoms with van der Waals surface area (Å²) in [6.45, 7) is 6.90. The first-order valence-electron chi connectivity index (χ1n) is 8.40. The molecule has 1 aliphatic heterocycles. The number of nitrogens with zero attached hydrogens (tertiary/aromatic N) is 1. The third-order valence-electron chi connectivity index (χ3n) is 4.48. The molecule has 0 saturated carbocycles. The van der Waals surface area contributed by atoms with E-state index in [9.17, 15) is 5.11 Å². The fraction of sp³-hybridized carbons (Fsp3) is 0.667. The first-order chi connectivity index (χ1) is 10.6. The van der Waals surface area contributed by atoms with Crippen molar-refractivity contribution < 1.29 is 14.6 Å². The Hall–Kier alpha value is -1.10. The average molecular weight is 305 g/mol. The molecule has 4 heteroatoms. The summed E-state index contributed by atoms with van der Waals surface area (Å²) in [6.07, 6.45) is 3.58. The van der Waals surface area contributed by atoms with Gasteiger partial charge in [-0.3, -0.25) is 4.90 Å². The Morgan fingerprint density at radius 2 is 1.95 bits per heavy atom. The number of hydrogen-bond acceptors (Lipinski definition) is 4. The highest BCUT2D eigenvalue weighted by Gasteiger charge is 2.24. The molecule has 0 radical (unpaired) electrons. The fourth-order valence-electron chi connectivity index (χ4n) is 3.61. The molecule has 1 N–H and O–H groups in total. The van der Waals surface area contributed by atoms with Gasteiger partial charge in [-0.25, -0.2) is 0 Å². The number of fused-ring (bicyclic) bond motifs is 1. The Morgan fingerprint density at radius 3 is 2.73 bits per heavy atom. The van der Waals surface area contributed by atoms with E-state index in [1.807, 2.05) is 6.07 Å². The van der Waals surface area contributed by atoms with Gasteiger partial charge in [0.25, 0.3) is 0 Å². The lowest BCUT2D eigenvalue weighted by atomic mass is 10.1. The van der Waals surface area contributed by atoms with E-state index in [2.05, 4.69) is 30.9 Å². The Labute approximate surface area is 133 Å². The quantitative estimate of drug-likeness (QED) is 0.904. The van der Waals surface area contributed by atoms with Gasteiger partial charge in [-0.15, -0.1) is 0 Å². The van der Waals surface area contributed by atoms with Crippen LogP contribution >= 0.6 is 0 Å². The van der Waals surface area contributed by atoms with Crippen LogP contribution in [0.5, 0.6) is 5.75 Å². The van der Waals surface area contributed by atoms with Crippen LogP contribution in [0.4, 0.5) is 0 Å². The fourth-order valence-corrected chi connectivity index (χ4v) is 3.61. The summed E-state index contributed by atoms with van der Waals surface area (Å²) in [5.74, 6) is 0.878. The summed E-state index contributed by atoms with van der Waals surface area (Å²) in [7, 11) is 0. The van der Waals surface area contributed by atoms with Crippen molar-refractivity contribution in [2.24, 2.45) is 0 Å². The van der Waals surface area contributed by atoms with Crippen LogP contribution in [0.2, 0.25) is 0 Å². The minimum absolute atomic E-state index is 0.230. The van der Waals surface area contributed by atoms with Crippen LogP contribution < -0.4 is 4.74 Å². The number of benzene rings is 1. The molecule has 1 saturated heterocycles. The molecule has 0 aromatic heterocycles. The molecular weight excluding hydrogens is 278 g/mol. The molecular formula is C18H27NO3. The zero-order chi connectivity index (χ0) is 15.5. The molecule has 3 atom stereocenters. The molecule has 1 aromatic carbocycles. The average Bonchev–Trinajstić information content (AvgIpc) is 2.91. The van der Waals surface area contributed by atoms with Crippen molar-refractivity contribution in [2.75, 3.05) is 26.2 Å². The van der Waals surface area contributed by atoms with Crippen molar-refractivity contribution in [1.29, 1.82) is 0 Å². The van der Waals surface area contributed by atoms with E-state index in [4.69, 9.17) is 9.47 Å². The SMILES string of the molecule is C[C@@H]1CN(C[C@@H](O)COc2ccc3c(c2)CCC3)C[C@H](C)O1. The van der Waals surface area contributed by atoms with Crippen LogP contribution in [-0.4, -0.2) is 54.6 Å². The van der Waals surface area contributed by atoms with Crippen LogP contribution in [0.25, 0.3) is 0 Å². The molecule has 22 heavy (non-hydrogen) atoms. The third kappa shape index (κ3) is 4.00. The van der Waals surface area contributed by atoms with Crippen LogP contribution in [0, 0.1) is 0 Å². The number of aliphatic hydroxyl groups excluding tert-OH is 1. The molecule has 2 aliphatic rings. The first-order valence-corrected chi connectivity index (χ1v) is 8.40. The molecule has 0 spiro atoms. The number of β-amino-alcohol motifs (C(OH)–C–C–N with tert-alkyl or cyclic N) is 1. The summed E-state index contributed by atoms with van der Waals surface area (Å²) in [4.78, 5) is 2.26. The highest BCUT2D eigenvalue weighted by Crippen LogP contribution is 2.26. The van der Waals surface area contributed by atoms with Gasteiger partial charge in [0.15, 0.2) is 0 Å². The summed E-state index contributed by atoms with van der Waals surface area (Å²) in [5.41, 5.74) is 2.85. The lowest BCUT2D eigenvalue weighted by Gasteiger charge is -2.36. The van der Waals surface area contributed by atoms with Crippen LogP contribution in [0.15, 0.2) is 18.2 Å². The molecule has 1 heterocycles. The van der Waals surface area contributed by atoms with Gasteiger partial charge in [-0.05, 0) is 56.4 Å². The van der Waals surface area contributed by atoms with Crippen LogP contribution in [0.1, 0.15) is 31.4 Å². The van der Waals surface area contributed by atoms with Gasteiger partial charge in [0.2, 0.25) is 0 Å². The second-order valence-corrected chi connectivity index (χ2v) is 6.72. The minimum Gasteiger partial charge on any atom is -0.491 e. The van der Waals surface area contributed by atoms with Crippen molar-refractivity contribution in [1.82, 2.24) is 4.90 Å². The van der Waals surface area contributed by atoms with Crippen LogP contribution in [0.3, 0.4) is 0 Å². The summed E-state index contributed by atoms with van der Waals surface area (Å²) in [5, 5.41) is 10.2. The lowest BCUT2D eigenvalue weighted by molar-refractivity contribution is -0.0786. The highest BCUT2D eigenvalue weighted by atomic mass is 16.5. The normalized spacial score (nSPS) is 26.7. The van der Waals surface area contributed by atoms with Crippen molar-refractivity contribution in [3.8, 4) is 5.75 Å². The summed E-state index contributed by atoms with van der Waals surface area (Å²) >= 11 is 0. The molecule has 1 aliphatic carbocycles. The number of aliphatic hydroxyl groups is 1. The summed E-state index contributed by atoms with van der Waals surface area (Å²) in [6, 6.07) is 6.32. The minimum atomic E-state index is -0.467. The Bertz CT molecular complexity index is 495. The number of aryl methyl sites for hydroxylation is 2. The van der Waals surface area contributed by atoms with Crippen molar-refractivity contribution in [3.05, 3.63) is 29.3 Å². The van der Waals surface area contributed by atoms with E-state index in [-0.39, 0.29) is 12.2 Å². The van der Waals surface area contributed by atoms with Crippen molar-refractivity contribution >= 4 is 0 Å². The van der Waals surface area contributed by atoms with Gasteiger partial charge in [0.1, 0.15) is 18.5 Å². The first kappa shape index (κ1) is 15.8. The second-order valence-electron chi connectivity index (χ2n) is 6.72. The number of ether oxygens (including phenoxy) is 2. The van der Waals surface area contributed by atoms with Gasteiger partial charge in [0.05, 0.1) is 12.2 Å². The molecule has 0 amide bonds. The van der Waals surface area contributed by atoms with E-state index in [0.29, 0.717) is 13.2 Å². The highest BCUT2D eigenvalue weighted by molar-refractivity contribution is 5.38. The van der Waals surface area contributed by atoms with Gasteiger partial charge < -0.3 is 14.6 Å². The van der Waals surface area contributed by atoms with Gasteiger partial charge in [0, 0.05) is 19.6 Å². The van der Waals surface area contributed by atoms with E-state index in [1.54, 1.807) is 0 Å². The van der Waals surface area contributed by atoms with E-state index < -0.39 is 6.10 Å². The van der Waals surface area contributed by atoms with Gasteiger partial charge in [-0.2, -0.15) is 0 Å². The van der Waals surface area contributed by atoms with Crippen LogP contribution in [-0.2, 0) is 17.6 Å². The Balaban J connectivity index is 1.47. The third-order valence-corrected chi connectivity index (χ3v) is 4.48. The number of rotatable bonds is 5. The maximum absolute atomic E-state index is 10.2. The van der Waals surface area contributed by atoms with Gasteiger partial charge >= 0.3 is 0 Å². The topological polar surface area (TPSA) is 41.9 Å². The predicted octanol–water partition coefficient (Wildman–Crippen LogP) is 2.02. The molecule has 4 nitrogen and oxygen atoms in total. The molecule has 1 aromatic rings. The van der Waals surface area contributed by atoms with E-state index in [0.717, 1.165) is 25.3 Å². The molecule has 0 unspecified atom stereocenters. The molecule has 1 fully saturated rings. The monoisotopic (exact) mass is 305 g/mol. The molecule has 3 rings (SSSR count). The Morgan fingerprint density at radius 1 is 1.23 bits per heavy atom. The molecule has 0 bridgehead atoms. The number of hydrogen-bond donors (Lipinski definition) is 1. The maximum atomic E-state index is 10.2. The van der Waals surface area contributed by atoms with E-state index in [1.165, 1.54) is 24.0 Å². The Kier molecular flexibility index (Phi) is 5.01. The number of morpholine rings is 1. The lowest BCUT2D eigenvalue weighted by Crippen LogP contribution is -2.48. The van der Waals surface area contributed by atoms with Crippen molar-refractivity contribution in [3.63, 3.8) is 0 Å². The zero-order valence-electron chi connectivity index (χ0n) is 13.6. The largest absolute Gasteiger partial charge is 0.491 e. The summed E-state index contributed by atoms with van der Waals surface area (Å²) < 4.78 is 11.5. The van der Waals surface area contributed by atoms with E-state index >= 15 is 0 Å². The van der Waals surface area contributed by atoms with Gasteiger partial charge in [-0.1, -0.05) is 6.07 Å². The van der Waals surface area contributed by atoms with Crippen molar-refractivity contribution in [2.45, 2.75) is 51.4 Å². The molecule has 122 valence electrons. The maximum Gasteiger partial charge on any atom is 0.119 e. The zero-order valence-corrected chi connectivity index (χ0v) is 13.6. The predicted molar refractivity (Wildman–Crippen MR) is 86.4 cm³/mol. The second kappa shape index (κ2) is 6.99.